The van der Waals surface area contributed by atoms with Crippen molar-refractivity contribution in [2.75, 3.05) is 7.11 Å². The van der Waals surface area contributed by atoms with Crippen LogP contribution in [0, 0.1) is 24.7 Å². The van der Waals surface area contributed by atoms with Gasteiger partial charge in [-0.05, 0) is 63.7 Å². The summed E-state index contributed by atoms with van der Waals surface area (Å²) in [6.45, 7) is 13.6. The molecule has 0 aliphatic carbocycles. The van der Waals surface area contributed by atoms with E-state index in [9.17, 15) is 4.79 Å². The molecule has 0 saturated heterocycles. The third-order valence-electron chi connectivity index (χ3n) is 5.12. The van der Waals surface area contributed by atoms with Crippen molar-refractivity contribution in [2.45, 2.75) is 60.5 Å². The number of ether oxygens (including phenoxy) is 2. The molecule has 2 rings (SSSR count). The molecule has 1 aliphatic rings. The van der Waals surface area contributed by atoms with Crippen LogP contribution in [0.2, 0.25) is 0 Å². The number of rotatable bonds is 5. The number of hydrogen-bond donors (Lipinski definition) is 1. The summed E-state index contributed by atoms with van der Waals surface area (Å²) in [7, 11) is 1.56. The van der Waals surface area contributed by atoms with Gasteiger partial charge in [-0.1, -0.05) is 26.7 Å². The largest absolute Gasteiger partial charge is 0.496 e. The van der Waals surface area contributed by atoms with Gasteiger partial charge in [-0.2, -0.15) is 4.39 Å². The summed E-state index contributed by atoms with van der Waals surface area (Å²) in [5, 5.41) is 8.82. The van der Waals surface area contributed by atoms with Crippen LogP contribution < -0.4 is 9.47 Å². The number of allylic oxidation sites excluding steroid dienone is 4. The van der Waals surface area contributed by atoms with Gasteiger partial charge in [0.2, 0.25) is 0 Å². The van der Waals surface area contributed by atoms with Crippen molar-refractivity contribution in [3.05, 3.63) is 46.3 Å². The molecule has 0 fully saturated rings. The minimum Gasteiger partial charge on any atom is -0.496 e. The molecule has 1 aliphatic heterocycles. The minimum absolute atomic E-state index is 0.255. The molecular formula is C26H31FO4. The lowest BCUT2D eigenvalue weighted by Gasteiger charge is -2.34. The van der Waals surface area contributed by atoms with Gasteiger partial charge in [-0.3, -0.25) is 0 Å². The molecular weight excluding hydrogens is 395 g/mol. The van der Waals surface area contributed by atoms with Crippen LogP contribution in [-0.2, 0) is 4.79 Å². The number of aliphatic carboxylic acids is 1. The monoisotopic (exact) mass is 426 g/mol. The summed E-state index contributed by atoms with van der Waals surface area (Å²) in [5.41, 5.74) is 3.72. The highest BCUT2D eigenvalue weighted by Gasteiger charge is 2.32. The zero-order valence-electron chi connectivity index (χ0n) is 19.6. The number of methoxy groups -OCH3 is 1. The van der Waals surface area contributed by atoms with Crippen molar-refractivity contribution in [2.24, 2.45) is 5.92 Å². The Bertz CT molecular complexity index is 1040. The Morgan fingerprint density at radius 2 is 2.00 bits per heavy atom. The molecule has 0 radical (unpaired) electrons. The van der Waals surface area contributed by atoms with Crippen LogP contribution in [0.1, 0.15) is 64.7 Å². The van der Waals surface area contributed by atoms with E-state index >= 15 is 4.39 Å². The first-order chi connectivity index (χ1) is 14.4. The Morgan fingerprint density at radius 3 is 2.52 bits per heavy atom. The van der Waals surface area contributed by atoms with Crippen molar-refractivity contribution in [3.63, 3.8) is 0 Å². The second-order valence-electron chi connectivity index (χ2n) is 8.48. The maximum atomic E-state index is 15.1. The lowest BCUT2D eigenvalue weighted by atomic mass is 9.84. The summed E-state index contributed by atoms with van der Waals surface area (Å²) >= 11 is 0. The van der Waals surface area contributed by atoms with Crippen molar-refractivity contribution in [3.8, 4) is 23.3 Å². The molecule has 0 spiro atoms. The fourth-order valence-corrected chi connectivity index (χ4v) is 3.75. The summed E-state index contributed by atoms with van der Waals surface area (Å²) in [6.07, 6.45) is 3.46. The summed E-state index contributed by atoms with van der Waals surface area (Å²) in [4.78, 5) is 10.8. The van der Waals surface area contributed by atoms with Crippen LogP contribution in [0.4, 0.5) is 4.39 Å². The molecule has 1 N–H and O–H groups in total. The third kappa shape index (κ3) is 5.38. The van der Waals surface area contributed by atoms with E-state index in [-0.39, 0.29) is 11.5 Å². The normalized spacial score (nSPS) is 15.8. The second-order valence-corrected chi connectivity index (χ2v) is 8.48. The first-order valence-corrected chi connectivity index (χ1v) is 10.4. The predicted molar refractivity (Wildman–Crippen MR) is 123 cm³/mol. The molecule has 1 aromatic carbocycles. The van der Waals surface area contributed by atoms with Gasteiger partial charge < -0.3 is 14.6 Å². The lowest BCUT2D eigenvalue weighted by Crippen LogP contribution is -2.30. The zero-order chi connectivity index (χ0) is 23.5. The van der Waals surface area contributed by atoms with Crippen LogP contribution in [0.3, 0.4) is 0 Å². The van der Waals surface area contributed by atoms with Gasteiger partial charge in [0.05, 0.1) is 7.11 Å². The Hall–Kier alpha value is -3.00. The van der Waals surface area contributed by atoms with Crippen molar-refractivity contribution < 1.29 is 23.8 Å². The van der Waals surface area contributed by atoms with Gasteiger partial charge in [-0.25, -0.2) is 4.79 Å². The molecule has 0 unspecified atom stereocenters. The average Bonchev–Trinajstić information content (AvgIpc) is 2.66. The molecule has 4 nitrogen and oxygen atoms in total. The molecule has 166 valence electrons. The van der Waals surface area contributed by atoms with E-state index < -0.39 is 17.4 Å². The summed E-state index contributed by atoms with van der Waals surface area (Å²) < 4.78 is 27.1. The maximum absolute atomic E-state index is 15.1. The Balaban J connectivity index is 2.77. The molecule has 1 heterocycles. The van der Waals surface area contributed by atoms with E-state index in [0.29, 0.717) is 23.3 Å². The smallest absolute Gasteiger partial charge is 0.329 e. The average molecular weight is 427 g/mol. The van der Waals surface area contributed by atoms with E-state index in [2.05, 4.69) is 31.8 Å². The first-order valence-electron chi connectivity index (χ1n) is 10.4. The van der Waals surface area contributed by atoms with E-state index in [1.165, 1.54) is 6.92 Å². The van der Waals surface area contributed by atoms with E-state index in [0.717, 1.165) is 28.5 Å². The molecule has 0 aromatic heterocycles. The number of fused-ring (bicyclic) bond motifs is 1. The molecule has 0 bridgehead atoms. The van der Waals surface area contributed by atoms with Crippen LogP contribution in [-0.4, -0.2) is 23.8 Å². The molecule has 0 saturated carbocycles. The fraction of sp³-hybridized carbons (Fsp3) is 0.423. The van der Waals surface area contributed by atoms with E-state index in [4.69, 9.17) is 14.6 Å². The molecule has 1 aromatic rings. The first kappa shape index (κ1) is 24.3. The molecule has 31 heavy (non-hydrogen) atoms. The number of carboxylic acids is 1. The standard InChI is InChI=1S/C26H31FO4/c1-9-18(22(27)11-10-16(4)12-23(28)29)19-13-20-21(15(2)3)14-26(6,7)31-25(20)17(5)24(19)30-8/h12-15H,9H2,1-8H3,(H,28,29)/b16-12+,22-18+. The van der Waals surface area contributed by atoms with E-state index in [1.807, 2.05) is 33.8 Å². The second kappa shape index (κ2) is 9.43. The van der Waals surface area contributed by atoms with Crippen LogP contribution in [0.25, 0.3) is 11.1 Å². The molecule has 0 amide bonds. The lowest BCUT2D eigenvalue weighted by molar-refractivity contribution is -0.131. The van der Waals surface area contributed by atoms with Gasteiger partial charge in [-0.15, -0.1) is 0 Å². The Labute approximate surface area is 184 Å². The van der Waals surface area contributed by atoms with Crippen LogP contribution in [0.5, 0.6) is 11.5 Å². The van der Waals surface area contributed by atoms with Crippen molar-refractivity contribution in [1.82, 2.24) is 0 Å². The van der Waals surface area contributed by atoms with Crippen LogP contribution >= 0.6 is 0 Å². The van der Waals surface area contributed by atoms with Gasteiger partial charge in [0.1, 0.15) is 17.1 Å². The van der Waals surface area contributed by atoms with Crippen molar-refractivity contribution in [1.29, 1.82) is 0 Å². The van der Waals surface area contributed by atoms with Gasteiger partial charge >= 0.3 is 5.97 Å². The highest BCUT2D eigenvalue weighted by molar-refractivity contribution is 5.85. The molecule has 0 atom stereocenters. The fourth-order valence-electron chi connectivity index (χ4n) is 3.75. The minimum atomic E-state index is -1.12. The quantitative estimate of drug-likeness (QED) is 0.441. The topological polar surface area (TPSA) is 55.8 Å². The third-order valence-corrected chi connectivity index (χ3v) is 5.12. The maximum Gasteiger partial charge on any atom is 0.329 e. The number of hydrogen-bond acceptors (Lipinski definition) is 3. The number of carboxylic acid groups (broad SMARTS) is 1. The van der Waals surface area contributed by atoms with Crippen LogP contribution in [0.15, 0.2) is 29.6 Å². The highest BCUT2D eigenvalue weighted by Crippen LogP contribution is 2.47. The SMILES string of the molecule is CC/C(=C(\F)C#C/C(C)=C/C(=O)O)c1cc2c(c(C)c1OC)OC(C)(C)C=C2C(C)C. The van der Waals surface area contributed by atoms with Crippen molar-refractivity contribution >= 4 is 17.1 Å². The summed E-state index contributed by atoms with van der Waals surface area (Å²) in [5.74, 6) is 4.87. The Morgan fingerprint density at radius 1 is 1.35 bits per heavy atom. The Kier molecular flexibility index (Phi) is 7.38. The summed E-state index contributed by atoms with van der Waals surface area (Å²) in [6, 6.07) is 1.92. The predicted octanol–water partition coefficient (Wildman–Crippen LogP) is 6.34. The molecule has 5 heteroatoms. The zero-order valence-corrected chi connectivity index (χ0v) is 19.6. The highest BCUT2D eigenvalue weighted by atomic mass is 19.1. The number of benzene rings is 1. The van der Waals surface area contributed by atoms with Gasteiger partial charge in [0, 0.05) is 33.9 Å². The van der Waals surface area contributed by atoms with Gasteiger partial charge in [0.15, 0.2) is 5.83 Å². The van der Waals surface area contributed by atoms with E-state index in [1.54, 1.807) is 7.11 Å². The van der Waals surface area contributed by atoms with Gasteiger partial charge in [0.25, 0.3) is 0 Å². The number of halogens is 1. The number of carbonyl (C=O) groups is 1.